The molecule has 4 heteroatoms. The first-order valence-corrected chi connectivity index (χ1v) is 4.50. The molecule has 14 heavy (non-hydrogen) atoms. The minimum absolute atomic E-state index is 0.0548. The molecule has 0 aliphatic carbocycles. The fourth-order valence-electron chi connectivity index (χ4n) is 1.20. The molecule has 2 nitrogen and oxygen atoms in total. The Morgan fingerprint density at radius 3 is 2.64 bits per heavy atom. The molecule has 0 unspecified atom stereocenters. The van der Waals surface area contributed by atoms with E-state index in [2.05, 4.69) is 0 Å². The predicted molar refractivity (Wildman–Crippen MR) is 52.2 cm³/mol. The highest BCUT2D eigenvalue weighted by atomic mass is 35.5. The molecule has 76 valence electrons. The minimum Gasteiger partial charge on any atom is -0.481 e. The van der Waals surface area contributed by atoms with Crippen molar-refractivity contribution in [1.29, 1.82) is 0 Å². The van der Waals surface area contributed by atoms with Crippen LogP contribution in [0.4, 0.5) is 4.39 Å². The van der Waals surface area contributed by atoms with Gasteiger partial charge in [0.2, 0.25) is 0 Å². The van der Waals surface area contributed by atoms with Crippen LogP contribution in [-0.2, 0) is 4.79 Å². The van der Waals surface area contributed by atoms with E-state index in [0.29, 0.717) is 5.56 Å². The molecule has 0 spiro atoms. The molecule has 0 bridgehead atoms. The van der Waals surface area contributed by atoms with Crippen LogP contribution in [0.5, 0.6) is 0 Å². The van der Waals surface area contributed by atoms with Gasteiger partial charge in [-0.15, -0.1) is 0 Å². The van der Waals surface area contributed by atoms with Crippen LogP contribution < -0.4 is 0 Å². The molecule has 0 aliphatic rings. The fraction of sp³-hybridized carbons (Fsp3) is 0.300. The predicted octanol–water partition coefficient (Wildman–Crippen LogP) is 2.98. The van der Waals surface area contributed by atoms with E-state index in [1.807, 2.05) is 0 Å². The number of carboxylic acids is 1. The number of aryl methyl sites for hydroxylation is 1. The average Bonchev–Trinajstić information content (AvgIpc) is 2.12. The summed E-state index contributed by atoms with van der Waals surface area (Å²) >= 11 is 5.83. The van der Waals surface area contributed by atoms with Gasteiger partial charge in [-0.3, -0.25) is 4.79 Å². The van der Waals surface area contributed by atoms with Crippen LogP contribution in [0.3, 0.4) is 0 Å². The first-order chi connectivity index (χ1) is 6.45. The summed E-state index contributed by atoms with van der Waals surface area (Å²) in [6.45, 7) is 3.12. The van der Waals surface area contributed by atoms with E-state index in [1.54, 1.807) is 6.92 Å². The van der Waals surface area contributed by atoms with Crippen molar-refractivity contribution in [2.75, 3.05) is 0 Å². The molecule has 1 aromatic carbocycles. The third kappa shape index (κ3) is 1.87. The van der Waals surface area contributed by atoms with Crippen molar-refractivity contribution in [3.05, 3.63) is 34.1 Å². The van der Waals surface area contributed by atoms with Gasteiger partial charge in [0.1, 0.15) is 5.82 Å². The lowest BCUT2D eigenvalue weighted by atomic mass is 9.99. The highest BCUT2D eigenvalue weighted by Gasteiger charge is 2.21. The van der Waals surface area contributed by atoms with Gasteiger partial charge in [0, 0.05) is 5.56 Å². The van der Waals surface area contributed by atoms with Crippen LogP contribution in [0, 0.1) is 12.7 Å². The van der Waals surface area contributed by atoms with Crippen molar-refractivity contribution < 1.29 is 14.3 Å². The van der Waals surface area contributed by atoms with Crippen LogP contribution in [0.15, 0.2) is 12.1 Å². The third-order valence-corrected chi connectivity index (χ3v) is 2.62. The summed E-state index contributed by atoms with van der Waals surface area (Å²) in [7, 11) is 0. The summed E-state index contributed by atoms with van der Waals surface area (Å²) in [5.41, 5.74) is 0.732. The van der Waals surface area contributed by atoms with Crippen molar-refractivity contribution in [1.82, 2.24) is 0 Å². The van der Waals surface area contributed by atoms with Gasteiger partial charge in [0.15, 0.2) is 0 Å². The molecular formula is C10H10ClFO2. The number of carboxylic acid groups (broad SMARTS) is 1. The summed E-state index contributed by atoms with van der Waals surface area (Å²) in [6, 6.07) is 2.76. The van der Waals surface area contributed by atoms with Gasteiger partial charge < -0.3 is 5.11 Å². The second-order valence-corrected chi connectivity index (χ2v) is 3.53. The van der Waals surface area contributed by atoms with Crippen molar-refractivity contribution in [2.45, 2.75) is 19.8 Å². The summed E-state index contributed by atoms with van der Waals surface area (Å²) in [6.07, 6.45) is 0. The van der Waals surface area contributed by atoms with E-state index in [-0.39, 0.29) is 10.6 Å². The zero-order chi connectivity index (χ0) is 10.9. The molecule has 0 aromatic heterocycles. The van der Waals surface area contributed by atoms with E-state index >= 15 is 0 Å². The molecule has 0 saturated heterocycles. The lowest BCUT2D eigenvalue weighted by Gasteiger charge is -2.11. The summed E-state index contributed by atoms with van der Waals surface area (Å²) in [5.74, 6) is -2.59. The molecular weight excluding hydrogens is 207 g/mol. The van der Waals surface area contributed by atoms with Crippen molar-refractivity contribution >= 4 is 17.6 Å². The number of aliphatic carboxylic acids is 1. The number of rotatable bonds is 2. The zero-order valence-electron chi connectivity index (χ0n) is 7.84. The monoisotopic (exact) mass is 216 g/mol. The van der Waals surface area contributed by atoms with E-state index in [4.69, 9.17) is 16.7 Å². The topological polar surface area (TPSA) is 37.3 Å². The lowest BCUT2D eigenvalue weighted by molar-refractivity contribution is -0.138. The summed E-state index contributed by atoms with van der Waals surface area (Å²) in [5, 5.41) is 8.94. The number of hydrogen-bond acceptors (Lipinski definition) is 1. The highest BCUT2D eigenvalue weighted by Crippen LogP contribution is 2.30. The normalized spacial score (nSPS) is 12.6. The number of benzene rings is 1. The molecule has 0 amide bonds. The Morgan fingerprint density at radius 2 is 2.14 bits per heavy atom. The number of carbonyl (C=O) groups is 1. The Kier molecular flexibility index (Phi) is 3.11. The Hall–Kier alpha value is -1.09. The van der Waals surface area contributed by atoms with Crippen molar-refractivity contribution in [2.24, 2.45) is 0 Å². The van der Waals surface area contributed by atoms with E-state index in [1.165, 1.54) is 19.1 Å². The molecule has 1 N–H and O–H groups in total. The first-order valence-electron chi connectivity index (χ1n) is 4.12. The van der Waals surface area contributed by atoms with Crippen molar-refractivity contribution in [3.63, 3.8) is 0 Å². The molecule has 0 fully saturated rings. The van der Waals surface area contributed by atoms with Crippen LogP contribution in [0.2, 0.25) is 5.02 Å². The van der Waals surface area contributed by atoms with Gasteiger partial charge in [0.05, 0.1) is 10.9 Å². The maximum atomic E-state index is 13.3. The van der Waals surface area contributed by atoms with Crippen LogP contribution in [0.1, 0.15) is 24.0 Å². The molecule has 1 rings (SSSR count). The maximum Gasteiger partial charge on any atom is 0.310 e. The molecule has 1 aromatic rings. The number of hydrogen-bond donors (Lipinski definition) is 1. The largest absolute Gasteiger partial charge is 0.481 e. The van der Waals surface area contributed by atoms with E-state index < -0.39 is 17.7 Å². The second-order valence-electron chi connectivity index (χ2n) is 3.15. The smallest absolute Gasteiger partial charge is 0.310 e. The molecule has 1 atom stereocenters. The number of halogens is 2. The molecule has 0 heterocycles. The third-order valence-electron chi connectivity index (χ3n) is 2.12. The molecule has 0 aliphatic heterocycles. The van der Waals surface area contributed by atoms with Gasteiger partial charge in [-0.1, -0.05) is 17.7 Å². The zero-order valence-corrected chi connectivity index (χ0v) is 8.60. The Morgan fingerprint density at radius 1 is 1.57 bits per heavy atom. The summed E-state index contributed by atoms with van der Waals surface area (Å²) in [4.78, 5) is 10.7. The standard InChI is InChI=1S/C10H10ClFO2/c1-5-3-4-7(12)8(9(5)11)6(2)10(13)14/h3-4,6H,1-2H3,(H,13,14)/t6-/m1/s1. The van der Waals surface area contributed by atoms with Gasteiger partial charge in [-0.25, -0.2) is 4.39 Å². The van der Waals surface area contributed by atoms with E-state index in [0.717, 1.165) is 0 Å². The van der Waals surface area contributed by atoms with Crippen molar-refractivity contribution in [3.8, 4) is 0 Å². The van der Waals surface area contributed by atoms with Gasteiger partial charge in [-0.05, 0) is 25.5 Å². The van der Waals surface area contributed by atoms with Crippen LogP contribution in [0.25, 0.3) is 0 Å². The lowest BCUT2D eigenvalue weighted by Crippen LogP contribution is -2.10. The second kappa shape index (κ2) is 3.96. The summed E-state index contributed by atoms with van der Waals surface area (Å²) < 4.78 is 13.3. The fourth-order valence-corrected chi connectivity index (χ4v) is 1.52. The maximum absolute atomic E-state index is 13.3. The SMILES string of the molecule is Cc1ccc(F)c([C@@H](C)C(=O)O)c1Cl. The molecule has 0 radical (unpaired) electrons. The Bertz CT molecular complexity index is 377. The van der Waals surface area contributed by atoms with Gasteiger partial charge in [0.25, 0.3) is 0 Å². The average molecular weight is 217 g/mol. The highest BCUT2D eigenvalue weighted by molar-refractivity contribution is 6.32. The van der Waals surface area contributed by atoms with E-state index in [9.17, 15) is 9.18 Å². The van der Waals surface area contributed by atoms with Gasteiger partial charge in [-0.2, -0.15) is 0 Å². The minimum atomic E-state index is -1.09. The first kappa shape index (κ1) is 11.0. The van der Waals surface area contributed by atoms with Crippen LogP contribution >= 0.6 is 11.6 Å². The Labute approximate surface area is 86.3 Å². The van der Waals surface area contributed by atoms with Gasteiger partial charge >= 0.3 is 5.97 Å². The van der Waals surface area contributed by atoms with Crippen LogP contribution in [-0.4, -0.2) is 11.1 Å². The Balaban J connectivity index is 3.32. The quantitative estimate of drug-likeness (QED) is 0.825. The molecule has 0 saturated carbocycles.